The second kappa shape index (κ2) is 4.01. The number of ether oxygens (including phenoxy) is 1. The van der Waals surface area contributed by atoms with Crippen LogP contribution in [-0.4, -0.2) is 17.6 Å². The molecule has 0 aromatic carbocycles. The maximum atomic E-state index is 11.6. The van der Waals surface area contributed by atoms with Crippen molar-refractivity contribution in [2.24, 2.45) is 5.92 Å². The molecule has 3 nitrogen and oxygen atoms in total. The van der Waals surface area contributed by atoms with E-state index in [2.05, 4.69) is 4.98 Å². The highest BCUT2D eigenvalue weighted by molar-refractivity contribution is 5.74. The van der Waals surface area contributed by atoms with Crippen LogP contribution in [0.1, 0.15) is 23.7 Å². The molecule has 1 aromatic heterocycles. The third-order valence-electron chi connectivity index (χ3n) is 2.91. The molecule has 0 spiro atoms. The van der Waals surface area contributed by atoms with Crippen LogP contribution in [0.25, 0.3) is 0 Å². The van der Waals surface area contributed by atoms with Crippen molar-refractivity contribution in [3.8, 4) is 0 Å². The molecule has 0 radical (unpaired) electrons. The molecule has 80 valence electrons. The lowest BCUT2D eigenvalue weighted by atomic mass is 10.1. The summed E-state index contributed by atoms with van der Waals surface area (Å²) < 4.78 is 5.04. The van der Waals surface area contributed by atoms with Crippen LogP contribution in [0.15, 0.2) is 12.3 Å². The zero-order valence-electron chi connectivity index (χ0n) is 9.12. The first-order valence-electron chi connectivity index (χ1n) is 5.32. The van der Waals surface area contributed by atoms with Crippen LogP contribution in [0, 0.1) is 12.8 Å². The van der Waals surface area contributed by atoms with Crippen molar-refractivity contribution < 1.29 is 9.53 Å². The van der Waals surface area contributed by atoms with Gasteiger partial charge in [0, 0.05) is 11.9 Å². The molecule has 0 N–H and O–H groups in total. The molecule has 1 atom stereocenters. The van der Waals surface area contributed by atoms with E-state index in [4.69, 9.17) is 4.74 Å². The summed E-state index contributed by atoms with van der Waals surface area (Å²) in [7, 11) is 0. The number of pyridine rings is 1. The lowest BCUT2D eigenvalue weighted by Gasteiger charge is -2.07. The molecule has 1 aliphatic rings. The smallest absolute Gasteiger partial charge is 0.309 e. The van der Waals surface area contributed by atoms with E-state index in [-0.39, 0.29) is 11.9 Å². The van der Waals surface area contributed by atoms with Crippen LogP contribution in [-0.2, 0) is 22.4 Å². The minimum Gasteiger partial charge on any atom is -0.466 e. The molecule has 1 aromatic rings. The summed E-state index contributed by atoms with van der Waals surface area (Å²) in [4.78, 5) is 15.8. The van der Waals surface area contributed by atoms with Gasteiger partial charge in [-0.15, -0.1) is 0 Å². The molecular weight excluding hydrogens is 190 g/mol. The van der Waals surface area contributed by atoms with Crippen molar-refractivity contribution in [3.05, 3.63) is 29.1 Å². The molecule has 0 bridgehead atoms. The van der Waals surface area contributed by atoms with Gasteiger partial charge in [0.2, 0.25) is 0 Å². The first-order chi connectivity index (χ1) is 7.22. The van der Waals surface area contributed by atoms with E-state index in [1.54, 1.807) is 0 Å². The molecule has 15 heavy (non-hydrogen) atoms. The van der Waals surface area contributed by atoms with E-state index >= 15 is 0 Å². The Balaban J connectivity index is 2.15. The Hall–Kier alpha value is -1.38. The average molecular weight is 205 g/mol. The zero-order valence-corrected chi connectivity index (χ0v) is 9.12. The zero-order chi connectivity index (χ0) is 10.8. The Labute approximate surface area is 89.5 Å². The second-order valence-corrected chi connectivity index (χ2v) is 3.89. The Morgan fingerprint density at radius 1 is 1.60 bits per heavy atom. The monoisotopic (exact) mass is 205 g/mol. The molecule has 0 fully saturated rings. The number of carbonyl (C=O) groups is 1. The number of esters is 1. The summed E-state index contributed by atoms with van der Waals surface area (Å²) in [5, 5.41) is 0. The SMILES string of the molecule is CCOC(=O)C1Cc2ccnc(C)c2C1. The van der Waals surface area contributed by atoms with Crippen LogP contribution in [0.5, 0.6) is 0 Å². The highest BCUT2D eigenvalue weighted by Gasteiger charge is 2.29. The summed E-state index contributed by atoms with van der Waals surface area (Å²) in [6.45, 7) is 4.29. The minimum absolute atomic E-state index is 0.00264. The van der Waals surface area contributed by atoms with E-state index in [1.165, 1.54) is 11.1 Å². The average Bonchev–Trinajstić information content (AvgIpc) is 2.63. The molecule has 1 heterocycles. The van der Waals surface area contributed by atoms with E-state index in [1.807, 2.05) is 26.1 Å². The van der Waals surface area contributed by atoms with Crippen molar-refractivity contribution in [3.63, 3.8) is 0 Å². The van der Waals surface area contributed by atoms with Crippen molar-refractivity contribution in [2.45, 2.75) is 26.7 Å². The molecular formula is C12H15NO2. The Kier molecular flexibility index (Phi) is 2.71. The summed E-state index contributed by atoms with van der Waals surface area (Å²) in [6, 6.07) is 2.00. The van der Waals surface area contributed by atoms with E-state index < -0.39 is 0 Å². The van der Waals surface area contributed by atoms with Gasteiger partial charge in [-0.3, -0.25) is 9.78 Å². The quantitative estimate of drug-likeness (QED) is 0.689. The number of aromatic nitrogens is 1. The van der Waals surface area contributed by atoms with Gasteiger partial charge in [0.25, 0.3) is 0 Å². The fraction of sp³-hybridized carbons (Fsp3) is 0.500. The standard InChI is InChI=1S/C12H15NO2/c1-3-15-12(14)10-6-9-4-5-13-8(2)11(9)7-10/h4-5,10H,3,6-7H2,1-2H3. The van der Waals surface area contributed by atoms with Gasteiger partial charge in [-0.25, -0.2) is 0 Å². The van der Waals surface area contributed by atoms with Crippen LogP contribution >= 0.6 is 0 Å². The summed E-state index contributed by atoms with van der Waals surface area (Å²) in [5.74, 6) is -0.0732. The number of nitrogens with zero attached hydrogens (tertiary/aromatic N) is 1. The van der Waals surface area contributed by atoms with E-state index in [0.717, 1.165) is 18.5 Å². The molecule has 1 aliphatic carbocycles. The summed E-state index contributed by atoms with van der Waals surface area (Å²) in [6.07, 6.45) is 3.40. The van der Waals surface area contributed by atoms with Crippen molar-refractivity contribution in [1.82, 2.24) is 4.98 Å². The van der Waals surface area contributed by atoms with Gasteiger partial charge in [0.1, 0.15) is 0 Å². The number of rotatable bonds is 2. The Morgan fingerprint density at radius 2 is 2.40 bits per heavy atom. The number of hydrogen-bond donors (Lipinski definition) is 0. The highest BCUT2D eigenvalue weighted by atomic mass is 16.5. The topological polar surface area (TPSA) is 39.2 Å². The largest absolute Gasteiger partial charge is 0.466 e. The Bertz CT molecular complexity index is 387. The molecule has 0 saturated carbocycles. The predicted octanol–water partition coefficient (Wildman–Crippen LogP) is 1.67. The number of fused-ring (bicyclic) bond motifs is 1. The lowest BCUT2D eigenvalue weighted by molar-refractivity contribution is -0.147. The molecule has 3 heteroatoms. The first-order valence-corrected chi connectivity index (χ1v) is 5.32. The second-order valence-electron chi connectivity index (χ2n) is 3.89. The maximum Gasteiger partial charge on any atom is 0.309 e. The fourth-order valence-corrected chi connectivity index (χ4v) is 2.13. The molecule has 0 amide bonds. The minimum atomic E-state index is -0.0758. The van der Waals surface area contributed by atoms with Gasteiger partial charge < -0.3 is 4.74 Å². The number of carbonyl (C=O) groups excluding carboxylic acids is 1. The van der Waals surface area contributed by atoms with Crippen molar-refractivity contribution in [1.29, 1.82) is 0 Å². The Morgan fingerprint density at radius 3 is 3.07 bits per heavy atom. The highest BCUT2D eigenvalue weighted by Crippen LogP contribution is 2.28. The van der Waals surface area contributed by atoms with E-state index in [9.17, 15) is 4.79 Å². The van der Waals surface area contributed by atoms with Gasteiger partial charge in [-0.05, 0) is 43.9 Å². The molecule has 2 rings (SSSR count). The van der Waals surface area contributed by atoms with Gasteiger partial charge >= 0.3 is 5.97 Å². The first kappa shape index (κ1) is 10.1. The maximum absolute atomic E-state index is 11.6. The normalized spacial score (nSPS) is 18.7. The molecule has 1 unspecified atom stereocenters. The summed E-state index contributed by atoms with van der Waals surface area (Å²) in [5.41, 5.74) is 3.52. The van der Waals surface area contributed by atoms with Gasteiger partial charge in [-0.1, -0.05) is 0 Å². The number of aryl methyl sites for hydroxylation is 1. The van der Waals surface area contributed by atoms with Crippen molar-refractivity contribution >= 4 is 5.97 Å². The molecule has 0 saturated heterocycles. The van der Waals surface area contributed by atoms with Crippen LogP contribution in [0.4, 0.5) is 0 Å². The third kappa shape index (κ3) is 1.87. The van der Waals surface area contributed by atoms with Gasteiger partial charge in [-0.2, -0.15) is 0 Å². The van der Waals surface area contributed by atoms with Crippen LogP contribution in [0.3, 0.4) is 0 Å². The van der Waals surface area contributed by atoms with E-state index in [0.29, 0.717) is 6.61 Å². The van der Waals surface area contributed by atoms with Crippen molar-refractivity contribution in [2.75, 3.05) is 6.61 Å². The fourth-order valence-electron chi connectivity index (χ4n) is 2.13. The predicted molar refractivity (Wildman–Crippen MR) is 56.5 cm³/mol. The van der Waals surface area contributed by atoms with Crippen LogP contribution in [0.2, 0.25) is 0 Å². The van der Waals surface area contributed by atoms with Gasteiger partial charge in [0.05, 0.1) is 12.5 Å². The number of hydrogen-bond acceptors (Lipinski definition) is 3. The van der Waals surface area contributed by atoms with Gasteiger partial charge in [0.15, 0.2) is 0 Å². The van der Waals surface area contributed by atoms with Crippen LogP contribution < -0.4 is 0 Å². The summed E-state index contributed by atoms with van der Waals surface area (Å²) >= 11 is 0. The lowest BCUT2D eigenvalue weighted by Crippen LogP contribution is -2.17. The third-order valence-corrected chi connectivity index (χ3v) is 2.91. The molecule has 0 aliphatic heterocycles.